The predicted octanol–water partition coefficient (Wildman–Crippen LogP) is 2.07. The van der Waals surface area contributed by atoms with Gasteiger partial charge in [0.25, 0.3) is 0 Å². The Morgan fingerprint density at radius 1 is 1.39 bits per heavy atom. The first-order valence-corrected chi connectivity index (χ1v) is 5.55. The van der Waals surface area contributed by atoms with Crippen molar-refractivity contribution >= 4 is 5.78 Å². The smallest absolute Gasteiger partial charge is 0.192 e. The van der Waals surface area contributed by atoms with Crippen molar-refractivity contribution in [2.75, 3.05) is 27.4 Å². The molecular weight excluding hydrogens is 239 g/mol. The molecule has 0 aliphatic carbocycles. The monoisotopic (exact) mass is 256 g/mol. The van der Waals surface area contributed by atoms with Gasteiger partial charge in [-0.2, -0.15) is 0 Å². The van der Waals surface area contributed by atoms with Crippen molar-refractivity contribution < 1.29 is 23.4 Å². The van der Waals surface area contributed by atoms with Crippen LogP contribution in [-0.2, 0) is 9.47 Å². The van der Waals surface area contributed by atoms with Crippen molar-refractivity contribution in [2.24, 2.45) is 0 Å². The summed E-state index contributed by atoms with van der Waals surface area (Å²) in [6.45, 7) is 2.05. The molecule has 0 bridgehead atoms. The minimum Gasteiger partial charge on any atom is -0.496 e. The second kappa shape index (κ2) is 7.08. The molecule has 1 atom stereocenters. The summed E-state index contributed by atoms with van der Waals surface area (Å²) in [5.74, 6) is -0.470. The molecule has 0 saturated heterocycles. The van der Waals surface area contributed by atoms with E-state index in [2.05, 4.69) is 0 Å². The number of carbonyl (C=O) groups is 1. The SMILES string of the molecule is COCC(C)OCC(=O)c1cc(F)ccc1OC. The Kier molecular flexibility index (Phi) is 5.74. The number of carbonyl (C=O) groups excluding carboxylic acids is 1. The third-order valence-corrected chi connectivity index (χ3v) is 2.36. The molecule has 1 aromatic rings. The lowest BCUT2D eigenvalue weighted by molar-refractivity contribution is 0.0124. The zero-order chi connectivity index (χ0) is 13.5. The van der Waals surface area contributed by atoms with E-state index in [1.165, 1.54) is 19.2 Å². The first-order chi connectivity index (χ1) is 8.58. The summed E-state index contributed by atoms with van der Waals surface area (Å²) in [4.78, 5) is 11.9. The van der Waals surface area contributed by atoms with Crippen LogP contribution >= 0.6 is 0 Å². The minimum absolute atomic E-state index is 0.135. The summed E-state index contributed by atoms with van der Waals surface area (Å²) in [6, 6.07) is 3.80. The van der Waals surface area contributed by atoms with E-state index in [0.717, 1.165) is 6.07 Å². The van der Waals surface area contributed by atoms with E-state index in [9.17, 15) is 9.18 Å². The normalized spacial score (nSPS) is 12.2. The summed E-state index contributed by atoms with van der Waals surface area (Å²) in [7, 11) is 2.98. The van der Waals surface area contributed by atoms with Crippen LogP contribution in [0.15, 0.2) is 18.2 Å². The van der Waals surface area contributed by atoms with Gasteiger partial charge in [-0.1, -0.05) is 0 Å². The molecule has 0 spiro atoms. The Balaban J connectivity index is 2.68. The van der Waals surface area contributed by atoms with E-state index in [1.54, 1.807) is 14.0 Å². The van der Waals surface area contributed by atoms with Gasteiger partial charge in [0, 0.05) is 7.11 Å². The van der Waals surface area contributed by atoms with Gasteiger partial charge in [0.2, 0.25) is 0 Å². The average molecular weight is 256 g/mol. The quantitative estimate of drug-likeness (QED) is 0.700. The predicted molar refractivity (Wildman–Crippen MR) is 64.6 cm³/mol. The fourth-order valence-electron chi connectivity index (χ4n) is 1.48. The first-order valence-electron chi connectivity index (χ1n) is 5.55. The molecule has 0 fully saturated rings. The van der Waals surface area contributed by atoms with Crippen LogP contribution in [0, 0.1) is 5.82 Å². The van der Waals surface area contributed by atoms with Crippen LogP contribution in [0.4, 0.5) is 4.39 Å². The largest absolute Gasteiger partial charge is 0.496 e. The first kappa shape index (κ1) is 14.6. The third-order valence-electron chi connectivity index (χ3n) is 2.36. The van der Waals surface area contributed by atoms with E-state index >= 15 is 0 Å². The van der Waals surface area contributed by atoms with Crippen molar-refractivity contribution in [1.82, 2.24) is 0 Å². The molecule has 1 aromatic carbocycles. The highest BCUT2D eigenvalue weighted by Crippen LogP contribution is 2.20. The number of methoxy groups -OCH3 is 2. The Labute approximate surface area is 106 Å². The van der Waals surface area contributed by atoms with E-state index in [0.29, 0.717) is 12.4 Å². The zero-order valence-corrected chi connectivity index (χ0v) is 10.7. The fraction of sp³-hybridized carbons (Fsp3) is 0.462. The fourth-order valence-corrected chi connectivity index (χ4v) is 1.48. The van der Waals surface area contributed by atoms with Crippen LogP contribution in [0.25, 0.3) is 0 Å². The summed E-state index contributed by atoms with van der Waals surface area (Å²) in [6.07, 6.45) is -0.196. The van der Waals surface area contributed by atoms with Gasteiger partial charge >= 0.3 is 0 Å². The van der Waals surface area contributed by atoms with Gasteiger partial charge in [-0.15, -0.1) is 0 Å². The maximum atomic E-state index is 13.1. The number of Topliss-reactive ketones (excluding diaryl/α,β-unsaturated/α-hetero) is 1. The molecule has 0 aliphatic heterocycles. The van der Waals surface area contributed by atoms with Gasteiger partial charge in [0.1, 0.15) is 18.2 Å². The molecule has 1 unspecified atom stereocenters. The van der Waals surface area contributed by atoms with Crippen molar-refractivity contribution in [1.29, 1.82) is 0 Å². The average Bonchev–Trinajstić information content (AvgIpc) is 2.36. The molecule has 0 aromatic heterocycles. The van der Waals surface area contributed by atoms with Crippen molar-refractivity contribution in [3.05, 3.63) is 29.6 Å². The summed E-state index contributed by atoms with van der Waals surface area (Å²) < 4.78 is 28.3. The molecule has 1 rings (SSSR count). The third kappa shape index (κ3) is 4.09. The van der Waals surface area contributed by atoms with E-state index < -0.39 is 5.82 Å². The molecule has 0 saturated carbocycles. The van der Waals surface area contributed by atoms with Gasteiger partial charge in [-0.05, 0) is 25.1 Å². The van der Waals surface area contributed by atoms with Crippen molar-refractivity contribution in [2.45, 2.75) is 13.0 Å². The van der Waals surface area contributed by atoms with Crippen LogP contribution in [0.2, 0.25) is 0 Å². The molecule has 100 valence electrons. The molecular formula is C13H17FO4. The van der Waals surface area contributed by atoms with Crippen LogP contribution in [0.3, 0.4) is 0 Å². The topological polar surface area (TPSA) is 44.8 Å². The molecule has 5 heteroatoms. The standard InChI is InChI=1S/C13H17FO4/c1-9(7-16-2)18-8-12(15)11-6-10(14)4-5-13(11)17-3/h4-6,9H,7-8H2,1-3H3. The lowest BCUT2D eigenvalue weighted by atomic mass is 10.1. The maximum Gasteiger partial charge on any atom is 0.192 e. The lowest BCUT2D eigenvalue weighted by Crippen LogP contribution is -2.20. The Morgan fingerprint density at radius 3 is 2.72 bits per heavy atom. The minimum atomic E-state index is -0.482. The van der Waals surface area contributed by atoms with Crippen molar-refractivity contribution in [3.63, 3.8) is 0 Å². The number of hydrogen-bond donors (Lipinski definition) is 0. The van der Waals surface area contributed by atoms with E-state index in [1.807, 2.05) is 0 Å². The van der Waals surface area contributed by atoms with Gasteiger partial charge in [0.15, 0.2) is 5.78 Å². The van der Waals surface area contributed by atoms with E-state index in [-0.39, 0.29) is 24.1 Å². The Bertz CT molecular complexity index is 406. The van der Waals surface area contributed by atoms with Gasteiger partial charge in [-0.25, -0.2) is 4.39 Å². The summed E-state index contributed by atoms with van der Waals surface area (Å²) >= 11 is 0. The zero-order valence-electron chi connectivity index (χ0n) is 10.7. The van der Waals surface area contributed by atoms with Crippen LogP contribution in [0.1, 0.15) is 17.3 Å². The number of ketones is 1. The molecule has 0 N–H and O–H groups in total. The molecule has 0 radical (unpaired) electrons. The van der Waals surface area contributed by atoms with Gasteiger partial charge in [-0.3, -0.25) is 4.79 Å². The van der Waals surface area contributed by atoms with E-state index in [4.69, 9.17) is 14.2 Å². The lowest BCUT2D eigenvalue weighted by Gasteiger charge is -2.12. The van der Waals surface area contributed by atoms with Crippen LogP contribution in [-0.4, -0.2) is 39.3 Å². The Hall–Kier alpha value is -1.46. The highest BCUT2D eigenvalue weighted by atomic mass is 19.1. The number of ether oxygens (including phenoxy) is 3. The van der Waals surface area contributed by atoms with Crippen LogP contribution < -0.4 is 4.74 Å². The highest BCUT2D eigenvalue weighted by molar-refractivity contribution is 5.99. The van der Waals surface area contributed by atoms with Gasteiger partial charge in [0.05, 0.1) is 25.4 Å². The molecule has 0 heterocycles. The van der Waals surface area contributed by atoms with Crippen LogP contribution in [0.5, 0.6) is 5.75 Å². The summed E-state index contributed by atoms with van der Waals surface area (Å²) in [5, 5.41) is 0. The second-order valence-corrected chi connectivity index (χ2v) is 3.84. The number of halogens is 1. The Morgan fingerprint density at radius 2 is 2.11 bits per heavy atom. The number of benzene rings is 1. The maximum absolute atomic E-state index is 13.1. The number of rotatable bonds is 7. The molecule has 18 heavy (non-hydrogen) atoms. The highest BCUT2D eigenvalue weighted by Gasteiger charge is 2.14. The molecule has 0 amide bonds. The summed E-state index contributed by atoms with van der Waals surface area (Å²) in [5.41, 5.74) is 0.183. The second-order valence-electron chi connectivity index (χ2n) is 3.84. The van der Waals surface area contributed by atoms with Gasteiger partial charge < -0.3 is 14.2 Å². The number of hydrogen-bond acceptors (Lipinski definition) is 4. The molecule has 4 nitrogen and oxygen atoms in total. The molecule has 0 aliphatic rings. The van der Waals surface area contributed by atoms with Crippen molar-refractivity contribution in [3.8, 4) is 5.75 Å².